The summed E-state index contributed by atoms with van der Waals surface area (Å²) in [4.78, 5) is 14.5. The number of anilines is 1. The topological polar surface area (TPSA) is 38.1 Å². The second-order valence-electron chi connectivity index (χ2n) is 6.73. The highest BCUT2D eigenvalue weighted by molar-refractivity contribution is 7.80. The van der Waals surface area contributed by atoms with Gasteiger partial charge in [0.1, 0.15) is 0 Å². The molecule has 2 rings (SSSR count). The fourth-order valence-electron chi connectivity index (χ4n) is 2.60. The minimum absolute atomic E-state index is 0.0180. The predicted molar refractivity (Wildman–Crippen MR) is 86.7 cm³/mol. The second-order valence-corrected chi connectivity index (χ2v) is 7.04. The summed E-state index contributed by atoms with van der Waals surface area (Å²) in [5.74, 6) is 1.42. The molecular weight excluding hydrogens is 270 g/mol. The summed E-state index contributed by atoms with van der Waals surface area (Å²) >= 11 is 4.33. The maximum atomic E-state index is 12.2. The predicted octanol–water partition coefficient (Wildman–Crippen LogP) is 2.44. The molecule has 1 aliphatic rings. The lowest BCUT2D eigenvalue weighted by Crippen LogP contribution is -2.36. The van der Waals surface area contributed by atoms with Gasteiger partial charge in [-0.1, -0.05) is 20.8 Å². The molecule has 1 aromatic heterocycles. The Kier molecular flexibility index (Phi) is 4.78. The third-order valence-corrected chi connectivity index (χ3v) is 4.74. The van der Waals surface area contributed by atoms with Crippen molar-refractivity contribution in [2.24, 2.45) is 11.3 Å². The van der Waals surface area contributed by atoms with E-state index in [1.54, 1.807) is 10.7 Å². The Hall–Kier alpha value is -0.970. The summed E-state index contributed by atoms with van der Waals surface area (Å²) in [6.07, 6.45) is 4.29. The first-order valence-corrected chi connectivity index (χ1v) is 7.97. The van der Waals surface area contributed by atoms with E-state index in [4.69, 9.17) is 0 Å². The van der Waals surface area contributed by atoms with Crippen LogP contribution in [0.2, 0.25) is 0 Å². The van der Waals surface area contributed by atoms with Crippen molar-refractivity contribution >= 4 is 18.3 Å². The Balaban J connectivity index is 2.15. The smallest absolute Gasteiger partial charge is 0.268 e. The van der Waals surface area contributed by atoms with Crippen molar-refractivity contribution in [2.75, 3.05) is 23.7 Å². The van der Waals surface area contributed by atoms with Gasteiger partial charge in [0.25, 0.3) is 5.56 Å². The van der Waals surface area contributed by atoms with E-state index >= 15 is 0 Å². The maximum Gasteiger partial charge on any atom is 0.268 e. The van der Waals surface area contributed by atoms with Gasteiger partial charge in [-0.2, -0.15) is 17.7 Å². The summed E-state index contributed by atoms with van der Waals surface area (Å²) in [5.41, 5.74) is 0.915. The van der Waals surface area contributed by atoms with Gasteiger partial charge in [0.05, 0.1) is 18.4 Å². The Labute approximate surface area is 126 Å². The molecule has 0 amide bonds. The molecule has 112 valence electrons. The van der Waals surface area contributed by atoms with E-state index < -0.39 is 0 Å². The molecule has 0 aromatic carbocycles. The third-order valence-electron chi connectivity index (χ3n) is 3.88. The normalized spacial score (nSPS) is 20.2. The molecule has 1 aromatic rings. The van der Waals surface area contributed by atoms with Gasteiger partial charge < -0.3 is 4.90 Å². The summed E-state index contributed by atoms with van der Waals surface area (Å²) in [6, 6.07) is 1.72. The minimum atomic E-state index is -0.0267. The molecule has 0 spiro atoms. The largest absolute Gasteiger partial charge is 0.370 e. The standard InChI is InChI=1S/C15H25N3OS/c1-12-5-4-6-17(9-12)13-7-14(19)18(16-8-13)10-15(2,3)11-20/h7-8,12,20H,4-6,9-11H2,1-3H3. The third kappa shape index (κ3) is 3.78. The maximum absolute atomic E-state index is 12.2. The van der Waals surface area contributed by atoms with Crippen molar-refractivity contribution in [3.05, 3.63) is 22.6 Å². The van der Waals surface area contributed by atoms with Crippen LogP contribution in [-0.2, 0) is 6.54 Å². The van der Waals surface area contributed by atoms with Crippen LogP contribution in [-0.4, -0.2) is 28.6 Å². The lowest BCUT2D eigenvalue weighted by molar-refractivity contribution is 0.324. The monoisotopic (exact) mass is 295 g/mol. The summed E-state index contributed by atoms with van der Waals surface area (Å²) in [5, 5.41) is 4.34. The number of aromatic nitrogens is 2. The zero-order chi connectivity index (χ0) is 14.8. The molecule has 0 N–H and O–H groups in total. The van der Waals surface area contributed by atoms with Crippen LogP contribution in [0.3, 0.4) is 0 Å². The molecular formula is C15H25N3OS. The van der Waals surface area contributed by atoms with Crippen LogP contribution in [0, 0.1) is 11.3 Å². The van der Waals surface area contributed by atoms with Gasteiger partial charge in [-0.15, -0.1) is 0 Å². The zero-order valence-corrected chi connectivity index (χ0v) is 13.6. The highest BCUT2D eigenvalue weighted by Crippen LogP contribution is 2.22. The first kappa shape index (κ1) is 15.4. The molecule has 2 heterocycles. The lowest BCUT2D eigenvalue weighted by Gasteiger charge is -2.32. The quantitative estimate of drug-likeness (QED) is 0.867. The van der Waals surface area contributed by atoms with E-state index in [1.807, 2.05) is 6.20 Å². The summed E-state index contributed by atoms with van der Waals surface area (Å²) in [7, 11) is 0. The van der Waals surface area contributed by atoms with Crippen molar-refractivity contribution in [3.63, 3.8) is 0 Å². The van der Waals surface area contributed by atoms with Crippen LogP contribution in [0.15, 0.2) is 17.1 Å². The number of hydrogen-bond acceptors (Lipinski definition) is 4. The van der Waals surface area contributed by atoms with E-state index in [9.17, 15) is 4.79 Å². The molecule has 0 radical (unpaired) electrons. The lowest BCUT2D eigenvalue weighted by atomic mass is 9.97. The molecule has 0 aliphatic carbocycles. The summed E-state index contributed by atoms with van der Waals surface area (Å²) in [6.45, 7) is 9.09. The Bertz CT molecular complexity index is 512. The molecule has 1 atom stereocenters. The van der Waals surface area contributed by atoms with Crippen LogP contribution >= 0.6 is 12.6 Å². The average molecular weight is 295 g/mol. The number of nitrogens with zero attached hydrogens (tertiary/aromatic N) is 3. The summed E-state index contributed by atoms with van der Waals surface area (Å²) < 4.78 is 1.55. The molecule has 1 saturated heterocycles. The van der Waals surface area contributed by atoms with Gasteiger partial charge in [-0.05, 0) is 29.9 Å². The van der Waals surface area contributed by atoms with Crippen LogP contribution in [0.5, 0.6) is 0 Å². The van der Waals surface area contributed by atoms with Gasteiger partial charge >= 0.3 is 0 Å². The molecule has 1 fully saturated rings. The van der Waals surface area contributed by atoms with Gasteiger partial charge in [0.15, 0.2) is 0 Å². The molecule has 0 bridgehead atoms. The molecule has 0 saturated carbocycles. The SMILES string of the molecule is CC1CCCN(c2cnn(CC(C)(C)CS)c(=O)c2)C1. The van der Waals surface area contributed by atoms with E-state index in [0.29, 0.717) is 12.5 Å². The van der Waals surface area contributed by atoms with Gasteiger partial charge in [0, 0.05) is 19.2 Å². The zero-order valence-electron chi connectivity index (χ0n) is 12.7. The molecule has 4 nitrogen and oxygen atoms in total. The first-order chi connectivity index (χ1) is 9.41. The Morgan fingerprint density at radius 2 is 2.25 bits per heavy atom. The van der Waals surface area contributed by atoms with Crippen molar-refractivity contribution in [2.45, 2.75) is 40.2 Å². The van der Waals surface area contributed by atoms with Crippen molar-refractivity contribution in [1.29, 1.82) is 0 Å². The van der Waals surface area contributed by atoms with Crippen LogP contribution in [0.25, 0.3) is 0 Å². The van der Waals surface area contributed by atoms with Crippen molar-refractivity contribution in [3.8, 4) is 0 Å². The minimum Gasteiger partial charge on any atom is -0.370 e. The van der Waals surface area contributed by atoms with Crippen LogP contribution < -0.4 is 10.5 Å². The van der Waals surface area contributed by atoms with Gasteiger partial charge in [0.2, 0.25) is 0 Å². The van der Waals surface area contributed by atoms with E-state index in [2.05, 4.69) is 43.4 Å². The fraction of sp³-hybridized carbons (Fsp3) is 0.733. The van der Waals surface area contributed by atoms with E-state index in [1.165, 1.54) is 12.8 Å². The number of hydrogen-bond donors (Lipinski definition) is 1. The van der Waals surface area contributed by atoms with E-state index in [0.717, 1.165) is 24.5 Å². The van der Waals surface area contributed by atoms with Crippen LogP contribution in [0.4, 0.5) is 5.69 Å². The number of piperidine rings is 1. The van der Waals surface area contributed by atoms with Crippen molar-refractivity contribution in [1.82, 2.24) is 9.78 Å². The van der Waals surface area contributed by atoms with Gasteiger partial charge in [-0.3, -0.25) is 4.79 Å². The Morgan fingerprint density at radius 3 is 2.85 bits per heavy atom. The fourth-order valence-corrected chi connectivity index (χ4v) is 2.70. The Morgan fingerprint density at radius 1 is 1.50 bits per heavy atom. The number of thiol groups is 1. The van der Waals surface area contributed by atoms with Gasteiger partial charge in [-0.25, -0.2) is 4.68 Å². The second kappa shape index (κ2) is 6.20. The number of rotatable bonds is 4. The molecule has 20 heavy (non-hydrogen) atoms. The van der Waals surface area contributed by atoms with E-state index in [-0.39, 0.29) is 11.0 Å². The van der Waals surface area contributed by atoms with Crippen LogP contribution in [0.1, 0.15) is 33.6 Å². The highest BCUT2D eigenvalue weighted by Gasteiger charge is 2.20. The average Bonchev–Trinajstić information content (AvgIpc) is 2.41. The highest BCUT2D eigenvalue weighted by atomic mass is 32.1. The first-order valence-electron chi connectivity index (χ1n) is 7.34. The van der Waals surface area contributed by atoms with Crippen molar-refractivity contribution < 1.29 is 0 Å². The molecule has 5 heteroatoms. The molecule has 1 aliphatic heterocycles. The molecule has 1 unspecified atom stereocenters.